The van der Waals surface area contributed by atoms with E-state index in [2.05, 4.69) is 15.6 Å². The van der Waals surface area contributed by atoms with Gasteiger partial charge in [-0.1, -0.05) is 30.3 Å². The zero-order chi connectivity index (χ0) is 24.1. The molecule has 8 heteroatoms. The molecule has 0 fully saturated rings. The van der Waals surface area contributed by atoms with Gasteiger partial charge in [-0.15, -0.1) is 0 Å². The van der Waals surface area contributed by atoms with Crippen LogP contribution in [0.1, 0.15) is 26.3 Å². The van der Waals surface area contributed by atoms with Crippen LogP contribution in [-0.4, -0.2) is 41.0 Å². The second kappa shape index (κ2) is 9.91. The number of benzene rings is 3. The van der Waals surface area contributed by atoms with Gasteiger partial charge in [0.1, 0.15) is 11.8 Å². The molecule has 3 aromatic carbocycles. The fourth-order valence-electron chi connectivity index (χ4n) is 3.68. The van der Waals surface area contributed by atoms with Gasteiger partial charge < -0.3 is 25.5 Å². The number of nitrogens with one attached hydrogen (secondary N) is 3. The summed E-state index contributed by atoms with van der Waals surface area (Å²) in [5, 5.41) is 15.9. The van der Waals surface area contributed by atoms with Crippen LogP contribution in [-0.2, 0) is 11.2 Å². The lowest BCUT2D eigenvalue weighted by Gasteiger charge is -2.16. The van der Waals surface area contributed by atoms with Crippen molar-refractivity contribution in [1.29, 1.82) is 0 Å². The van der Waals surface area contributed by atoms with E-state index in [0.717, 1.165) is 16.5 Å². The zero-order valence-corrected chi connectivity index (χ0v) is 18.4. The van der Waals surface area contributed by atoms with Crippen molar-refractivity contribution in [2.75, 3.05) is 12.4 Å². The van der Waals surface area contributed by atoms with Crippen LogP contribution in [0, 0.1) is 0 Å². The molecule has 8 nitrogen and oxygen atoms in total. The standard InChI is InChI=1S/C26H23N3O5/c1-34-18-12-10-16(11-13-18)24(30)28-22-9-5-3-7-20(22)25(31)29-23(26(32)33)14-17-15-27-21-8-4-2-6-19(17)21/h2-13,15,23,27H,14H2,1H3,(H,28,30)(H,29,31)(H,32,33). The number of carbonyl (C=O) groups is 3. The fraction of sp³-hybridized carbons (Fsp3) is 0.115. The van der Waals surface area contributed by atoms with Crippen LogP contribution in [0.4, 0.5) is 5.69 Å². The van der Waals surface area contributed by atoms with Gasteiger partial charge in [0.25, 0.3) is 11.8 Å². The Labute approximate surface area is 195 Å². The van der Waals surface area contributed by atoms with Gasteiger partial charge in [0.2, 0.25) is 0 Å². The van der Waals surface area contributed by atoms with Gasteiger partial charge in [-0.3, -0.25) is 9.59 Å². The van der Waals surface area contributed by atoms with Crippen molar-refractivity contribution in [3.63, 3.8) is 0 Å². The summed E-state index contributed by atoms with van der Waals surface area (Å²) in [6, 6.07) is 19.4. The van der Waals surface area contributed by atoms with Crippen LogP contribution in [0.5, 0.6) is 5.75 Å². The van der Waals surface area contributed by atoms with E-state index in [1.54, 1.807) is 48.7 Å². The number of aromatic nitrogens is 1. The molecule has 0 aliphatic heterocycles. The first-order valence-corrected chi connectivity index (χ1v) is 10.6. The number of hydrogen-bond acceptors (Lipinski definition) is 4. The van der Waals surface area contributed by atoms with Gasteiger partial charge in [0.15, 0.2) is 0 Å². The lowest BCUT2D eigenvalue weighted by atomic mass is 10.0. The van der Waals surface area contributed by atoms with Crippen molar-refractivity contribution < 1.29 is 24.2 Å². The van der Waals surface area contributed by atoms with Crippen LogP contribution in [0.2, 0.25) is 0 Å². The van der Waals surface area contributed by atoms with Gasteiger partial charge in [0.05, 0.1) is 18.4 Å². The smallest absolute Gasteiger partial charge is 0.326 e. The first-order valence-electron chi connectivity index (χ1n) is 10.6. The summed E-state index contributed by atoms with van der Waals surface area (Å²) < 4.78 is 5.10. The first kappa shape index (κ1) is 22.6. The van der Waals surface area contributed by atoms with Gasteiger partial charge in [-0.2, -0.15) is 0 Å². The number of anilines is 1. The maximum Gasteiger partial charge on any atom is 0.326 e. The van der Waals surface area contributed by atoms with E-state index in [-0.39, 0.29) is 17.7 Å². The molecule has 0 saturated carbocycles. The van der Waals surface area contributed by atoms with E-state index in [1.807, 2.05) is 24.3 Å². The first-order chi connectivity index (χ1) is 16.5. The number of amides is 2. The topological polar surface area (TPSA) is 121 Å². The fourth-order valence-corrected chi connectivity index (χ4v) is 3.68. The Morgan fingerprint density at radius 3 is 2.38 bits per heavy atom. The molecule has 0 spiro atoms. The summed E-state index contributed by atoms with van der Waals surface area (Å²) in [5.74, 6) is -1.54. The molecule has 2 amide bonds. The van der Waals surface area contributed by atoms with Crippen molar-refractivity contribution in [3.05, 3.63) is 95.7 Å². The molecular weight excluding hydrogens is 434 g/mol. The third kappa shape index (κ3) is 4.91. The molecule has 1 aromatic heterocycles. The molecule has 4 rings (SSSR count). The molecule has 4 aromatic rings. The number of aromatic amines is 1. The summed E-state index contributed by atoms with van der Waals surface area (Å²) in [6.07, 6.45) is 1.85. The highest BCUT2D eigenvalue weighted by atomic mass is 16.5. The number of carboxylic acids is 1. The van der Waals surface area contributed by atoms with Crippen molar-refractivity contribution in [2.45, 2.75) is 12.5 Å². The Kier molecular flexibility index (Phi) is 6.59. The van der Waals surface area contributed by atoms with Gasteiger partial charge in [-0.25, -0.2) is 4.79 Å². The van der Waals surface area contributed by atoms with E-state index < -0.39 is 23.8 Å². The highest BCUT2D eigenvalue weighted by molar-refractivity contribution is 6.09. The number of methoxy groups -OCH3 is 1. The Bertz CT molecular complexity index is 1340. The summed E-state index contributed by atoms with van der Waals surface area (Å²) in [6.45, 7) is 0. The molecule has 0 bridgehead atoms. The number of hydrogen-bond donors (Lipinski definition) is 4. The van der Waals surface area contributed by atoms with Crippen LogP contribution in [0.25, 0.3) is 10.9 Å². The van der Waals surface area contributed by atoms with E-state index in [0.29, 0.717) is 11.3 Å². The molecule has 0 aliphatic rings. The SMILES string of the molecule is COc1ccc(C(=O)Nc2ccccc2C(=O)NC(Cc2c[nH]c3ccccc23)C(=O)O)cc1. The lowest BCUT2D eigenvalue weighted by Crippen LogP contribution is -2.42. The van der Waals surface area contributed by atoms with E-state index in [1.165, 1.54) is 13.2 Å². The molecule has 34 heavy (non-hydrogen) atoms. The van der Waals surface area contributed by atoms with Gasteiger partial charge in [-0.05, 0) is 48.0 Å². The predicted octanol–water partition coefficient (Wildman–Crippen LogP) is 3.85. The minimum absolute atomic E-state index is 0.103. The largest absolute Gasteiger partial charge is 0.497 e. The Morgan fingerprint density at radius 1 is 0.941 bits per heavy atom. The van der Waals surface area contributed by atoms with Crippen LogP contribution < -0.4 is 15.4 Å². The Morgan fingerprint density at radius 2 is 1.65 bits per heavy atom. The number of rotatable bonds is 8. The highest BCUT2D eigenvalue weighted by Gasteiger charge is 2.24. The van der Waals surface area contributed by atoms with Gasteiger partial charge in [0, 0.05) is 29.1 Å². The van der Waals surface area contributed by atoms with Crippen LogP contribution >= 0.6 is 0 Å². The molecule has 172 valence electrons. The molecule has 0 radical (unpaired) electrons. The predicted molar refractivity (Wildman–Crippen MR) is 128 cm³/mol. The normalized spacial score (nSPS) is 11.6. The van der Waals surface area contributed by atoms with Crippen molar-refractivity contribution in [3.8, 4) is 5.75 Å². The van der Waals surface area contributed by atoms with Crippen molar-refractivity contribution in [1.82, 2.24) is 10.3 Å². The second-order valence-electron chi connectivity index (χ2n) is 7.66. The molecule has 4 N–H and O–H groups in total. The summed E-state index contributed by atoms with van der Waals surface area (Å²) >= 11 is 0. The van der Waals surface area contributed by atoms with Crippen LogP contribution in [0.3, 0.4) is 0 Å². The average molecular weight is 457 g/mol. The summed E-state index contributed by atoms with van der Waals surface area (Å²) in [5.41, 5.74) is 2.49. The number of fused-ring (bicyclic) bond motifs is 1. The monoisotopic (exact) mass is 457 g/mol. The molecular formula is C26H23N3O5. The number of para-hydroxylation sites is 2. The number of ether oxygens (including phenoxy) is 1. The maximum atomic E-state index is 13.0. The average Bonchev–Trinajstić information content (AvgIpc) is 3.26. The van der Waals surface area contributed by atoms with Gasteiger partial charge >= 0.3 is 5.97 Å². The lowest BCUT2D eigenvalue weighted by molar-refractivity contribution is -0.139. The minimum atomic E-state index is -1.16. The third-order valence-corrected chi connectivity index (χ3v) is 5.47. The molecule has 1 heterocycles. The minimum Gasteiger partial charge on any atom is -0.497 e. The number of carboxylic acid groups (broad SMARTS) is 1. The molecule has 1 unspecified atom stereocenters. The van der Waals surface area contributed by atoms with E-state index >= 15 is 0 Å². The zero-order valence-electron chi connectivity index (χ0n) is 18.4. The highest BCUT2D eigenvalue weighted by Crippen LogP contribution is 2.21. The van der Waals surface area contributed by atoms with Crippen molar-refractivity contribution in [2.24, 2.45) is 0 Å². The maximum absolute atomic E-state index is 13.0. The molecule has 1 atom stereocenters. The second-order valence-corrected chi connectivity index (χ2v) is 7.66. The third-order valence-electron chi connectivity index (χ3n) is 5.47. The number of carbonyl (C=O) groups excluding carboxylic acids is 2. The molecule has 0 saturated heterocycles. The Hall–Kier alpha value is -4.59. The van der Waals surface area contributed by atoms with E-state index in [9.17, 15) is 19.5 Å². The summed E-state index contributed by atoms with van der Waals surface area (Å²) in [4.78, 5) is 40.7. The summed E-state index contributed by atoms with van der Waals surface area (Å²) in [7, 11) is 1.53. The van der Waals surface area contributed by atoms with Crippen molar-refractivity contribution >= 4 is 34.4 Å². The quantitative estimate of drug-likeness (QED) is 0.320. The Balaban J connectivity index is 1.51. The molecule has 0 aliphatic carbocycles. The number of H-pyrrole nitrogens is 1. The number of aliphatic carboxylic acids is 1. The van der Waals surface area contributed by atoms with E-state index in [4.69, 9.17) is 4.74 Å². The van der Waals surface area contributed by atoms with Crippen LogP contribution in [0.15, 0.2) is 79.0 Å².